The molecule has 0 fully saturated rings. The number of pyridine rings is 1. The van der Waals surface area contributed by atoms with Crippen molar-refractivity contribution in [3.63, 3.8) is 0 Å². The van der Waals surface area contributed by atoms with Crippen molar-refractivity contribution in [2.75, 3.05) is 12.4 Å². The smallest absolute Gasteiger partial charge is 0.245 e. The number of ether oxygens (including phenoxy) is 1. The van der Waals surface area contributed by atoms with Gasteiger partial charge in [-0.2, -0.15) is 5.26 Å². The minimum atomic E-state index is -1.30. The van der Waals surface area contributed by atoms with Gasteiger partial charge in [0.15, 0.2) is 0 Å². The average molecular weight is 422 g/mol. The maximum absolute atomic E-state index is 13.7. The number of nitrogens with zero attached hydrogens (tertiary/aromatic N) is 2. The maximum Gasteiger partial charge on any atom is 0.245 e. The molecule has 0 aliphatic heterocycles. The summed E-state index contributed by atoms with van der Waals surface area (Å²) >= 11 is 0. The van der Waals surface area contributed by atoms with Crippen LogP contribution >= 0.6 is 0 Å². The highest BCUT2D eigenvalue weighted by molar-refractivity contribution is 6.03. The molecular formula is C27H23N3O2. The van der Waals surface area contributed by atoms with Gasteiger partial charge in [0.2, 0.25) is 5.91 Å². The minimum Gasteiger partial charge on any atom is -0.497 e. The number of para-hydroxylation sites is 1. The van der Waals surface area contributed by atoms with Crippen LogP contribution in [0.15, 0.2) is 91.1 Å². The molecule has 1 N–H and O–H groups in total. The predicted molar refractivity (Wildman–Crippen MR) is 125 cm³/mol. The first-order valence-electron chi connectivity index (χ1n) is 10.4. The van der Waals surface area contributed by atoms with Crippen molar-refractivity contribution in [1.82, 2.24) is 4.98 Å². The number of hydrogen-bond donors (Lipinski definition) is 1. The molecule has 1 aromatic heterocycles. The Morgan fingerprint density at radius 2 is 1.62 bits per heavy atom. The monoisotopic (exact) mass is 421 g/mol. The fourth-order valence-electron chi connectivity index (χ4n) is 3.84. The van der Waals surface area contributed by atoms with Crippen molar-refractivity contribution in [3.8, 4) is 11.8 Å². The molecule has 1 unspecified atom stereocenters. The van der Waals surface area contributed by atoms with Gasteiger partial charge >= 0.3 is 0 Å². The average Bonchev–Trinajstić information content (AvgIpc) is 2.85. The molecule has 4 aromatic rings. The highest BCUT2D eigenvalue weighted by Gasteiger charge is 2.39. The van der Waals surface area contributed by atoms with Crippen molar-refractivity contribution in [1.29, 1.82) is 5.26 Å². The number of amides is 1. The van der Waals surface area contributed by atoms with E-state index in [0.29, 0.717) is 17.6 Å². The number of anilines is 1. The maximum atomic E-state index is 13.7. The third kappa shape index (κ3) is 4.45. The first-order chi connectivity index (χ1) is 15.6. The van der Waals surface area contributed by atoms with E-state index in [0.717, 1.165) is 22.3 Å². The molecule has 0 saturated carbocycles. The van der Waals surface area contributed by atoms with Crippen LogP contribution in [0.3, 0.4) is 0 Å². The van der Waals surface area contributed by atoms with Crippen LogP contribution in [0.2, 0.25) is 0 Å². The van der Waals surface area contributed by atoms with E-state index in [1.807, 2.05) is 84.9 Å². The third-order valence-electron chi connectivity index (χ3n) is 5.54. The van der Waals surface area contributed by atoms with Crippen LogP contribution in [-0.2, 0) is 17.6 Å². The fraction of sp³-hybridized carbons (Fsp3) is 0.148. The first-order valence-corrected chi connectivity index (χ1v) is 10.4. The van der Waals surface area contributed by atoms with Gasteiger partial charge in [-0.05, 0) is 35.4 Å². The van der Waals surface area contributed by atoms with Crippen molar-refractivity contribution >= 4 is 22.5 Å². The summed E-state index contributed by atoms with van der Waals surface area (Å²) in [7, 11) is 1.61. The third-order valence-corrected chi connectivity index (χ3v) is 5.54. The molecular weight excluding hydrogens is 398 g/mol. The molecule has 1 amide bonds. The number of benzene rings is 3. The number of fused-ring (bicyclic) bond motifs is 1. The normalized spacial score (nSPS) is 12.5. The van der Waals surface area contributed by atoms with E-state index in [9.17, 15) is 10.1 Å². The molecule has 3 aromatic carbocycles. The van der Waals surface area contributed by atoms with Crippen molar-refractivity contribution in [2.24, 2.45) is 5.41 Å². The number of aromatic nitrogens is 1. The Bertz CT molecular complexity index is 1260. The van der Waals surface area contributed by atoms with E-state index in [4.69, 9.17) is 4.74 Å². The number of nitriles is 1. The molecule has 32 heavy (non-hydrogen) atoms. The van der Waals surface area contributed by atoms with Crippen molar-refractivity contribution in [3.05, 3.63) is 102 Å². The van der Waals surface area contributed by atoms with Gasteiger partial charge in [-0.15, -0.1) is 0 Å². The zero-order valence-electron chi connectivity index (χ0n) is 17.8. The molecule has 0 aliphatic carbocycles. The Morgan fingerprint density at radius 3 is 2.31 bits per heavy atom. The van der Waals surface area contributed by atoms with Crippen molar-refractivity contribution < 1.29 is 9.53 Å². The Balaban J connectivity index is 1.71. The van der Waals surface area contributed by atoms with Gasteiger partial charge in [0.25, 0.3) is 0 Å². The second-order valence-corrected chi connectivity index (χ2v) is 7.72. The van der Waals surface area contributed by atoms with Crippen LogP contribution in [0, 0.1) is 16.7 Å². The van der Waals surface area contributed by atoms with E-state index in [2.05, 4.69) is 16.4 Å². The summed E-state index contributed by atoms with van der Waals surface area (Å²) in [6.45, 7) is 0. The highest BCUT2D eigenvalue weighted by Crippen LogP contribution is 2.31. The van der Waals surface area contributed by atoms with Gasteiger partial charge in [0.05, 0.1) is 24.4 Å². The Kier molecular flexibility index (Phi) is 6.14. The zero-order chi connectivity index (χ0) is 22.4. The van der Waals surface area contributed by atoms with Crippen LogP contribution < -0.4 is 10.1 Å². The summed E-state index contributed by atoms with van der Waals surface area (Å²) in [5.41, 5.74) is 1.80. The van der Waals surface area contributed by atoms with Gasteiger partial charge in [-0.3, -0.25) is 9.78 Å². The molecule has 0 radical (unpaired) electrons. The molecule has 5 heteroatoms. The number of methoxy groups -OCH3 is 1. The van der Waals surface area contributed by atoms with E-state index in [1.54, 1.807) is 13.3 Å². The number of carbonyl (C=O) groups excluding carboxylic acids is 1. The summed E-state index contributed by atoms with van der Waals surface area (Å²) in [4.78, 5) is 18.1. The van der Waals surface area contributed by atoms with Crippen LogP contribution in [0.1, 0.15) is 11.1 Å². The lowest BCUT2D eigenvalue weighted by molar-refractivity contribution is -0.122. The van der Waals surface area contributed by atoms with Crippen molar-refractivity contribution in [2.45, 2.75) is 12.8 Å². The van der Waals surface area contributed by atoms with Gasteiger partial charge in [0.1, 0.15) is 11.2 Å². The molecule has 0 spiro atoms. The number of hydrogen-bond acceptors (Lipinski definition) is 4. The molecule has 5 nitrogen and oxygen atoms in total. The van der Waals surface area contributed by atoms with Crippen LogP contribution in [0.5, 0.6) is 5.75 Å². The molecule has 158 valence electrons. The van der Waals surface area contributed by atoms with Gasteiger partial charge < -0.3 is 10.1 Å². The molecule has 4 rings (SSSR count). The molecule has 0 saturated heterocycles. The number of nitrogens with one attached hydrogen (secondary N) is 1. The molecule has 1 heterocycles. The molecule has 0 aliphatic rings. The Hall–Kier alpha value is -4.17. The SMILES string of the molecule is COc1ccc(CC(C#N)(Cc2ccccc2)C(=O)Nc2cccc3cccnc23)cc1. The summed E-state index contributed by atoms with van der Waals surface area (Å²) in [5, 5.41) is 14.2. The standard InChI is InChI=1S/C27H23N3O2/c1-32-23-14-12-21(13-15-23)18-27(19-28,17-20-7-3-2-4-8-20)26(31)30-24-11-5-9-22-10-6-16-29-25(22)24/h2-16H,17-18H2,1H3,(H,30,31). The van der Waals surface area contributed by atoms with E-state index < -0.39 is 5.41 Å². The first kappa shape index (κ1) is 21.1. The quantitative estimate of drug-likeness (QED) is 0.446. The molecule has 0 bridgehead atoms. The second kappa shape index (κ2) is 9.32. The van der Waals surface area contributed by atoms with E-state index in [-0.39, 0.29) is 12.3 Å². The number of rotatable bonds is 7. The lowest BCUT2D eigenvalue weighted by atomic mass is 9.76. The largest absolute Gasteiger partial charge is 0.497 e. The Morgan fingerprint density at radius 1 is 0.938 bits per heavy atom. The summed E-state index contributed by atoms with van der Waals surface area (Å²) < 4.78 is 5.24. The summed E-state index contributed by atoms with van der Waals surface area (Å²) in [6.07, 6.45) is 2.25. The fourth-order valence-corrected chi connectivity index (χ4v) is 3.84. The van der Waals surface area contributed by atoms with E-state index >= 15 is 0 Å². The number of carbonyl (C=O) groups is 1. The topological polar surface area (TPSA) is 75.0 Å². The summed E-state index contributed by atoms with van der Waals surface area (Å²) in [6, 6.07) is 28.8. The lowest BCUT2D eigenvalue weighted by Gasteiger charge is -2.26. The zero-order valence-corrected chi connectivity index (χ0v) is 17.8. The van der Waals surface area contributed by atoms with Crippen LogP contribution in [-0.4, -0.2) is 18.0 Å². The van der Waals surface area contributed by atoms with Gasteiger partial charge in [0, 0.05) is 24.4 Å². The van der Waals surface area contributed by atoms with E-state index in [1.165, 1.54) is 0 Å². The summed E-state index contributed by atoms with van der Waals surface area (Å²) in [5.74, 6) is 0.378. The van der Waals surface area contributed by atoms with Crippen LogP contribution in [0.4, 0.5) is 5.69 Å². The second-order valence-electron chi connectivity index (χ2n) is 7.72. The minimum absolute atomic E-state index is 0.270. The van der Waals surface area contributed by atoms with Gasteiger partial charge in [-0.25, -0.2) is 0 Å². The highest BCUT2D eigenvalue weighted by atomic mass is 16.5. The van der Waals surface area contributed by atoms with Gasteiger partial charge in [-0.1, -0.05) is 60.7 Å². The lowest BCUT2D eigenvalue weighted by Crippen LogP contribution is -2.39. The Labute approximate surface area is 187 Å². The predicted octanol–water partition coefficient (Wildman–Crippen LogP) is 5.18. The van der Waals surface area contributed by atoms with Crippen LogP contribution in [0.25, 0.3) is 10.9 Å². The molecule has 1 atom stereocenters.